The highest BCUT2D eigenvalue weighted by atomic mass is 19.1. The fourth-order valence-corrected chi connectivity index (χ4v) is 5.72. The van der Waals surface area contributed by atoms with Gasteiger partial charge >= 0.3 is 0 Å². The summed E-state index contributed by atoms with van der Waals surface area (Å²) in [7, 11) is 1.63. The molecule has 0 saturated carbocycles. The Bertz CT molecular complexity index is 1490. The highest BCUT2D eigenvalue weighted by Crippen LogP contribution is 2.36. The number of nitrogens with zero attached hydrogens (tertiary/aromatic N) is 8. The van der Waals surface area contributed by atoms with Crippen LogP contribution in [0.2, 0.25) is 0 Å². The molecule has 8 rings (SSSR count). The van der Waals surface area contributed by atoms with Crippen LogP contribution in [0, 0.1) is 0 Å². The van der Waals surface area contributed by atoms with Crippen molar-refractivity contribution in [3.63, 3.8) is 0 Å². The van der Waals surface area contributed by atoms with Crippen molar-refractivity contribution in [2.24, 2.45) is 4.99 Å². The van der Waals surface area contributed by atoms with Gasteiger partial charge in [0.05, 0.1) is 49.1 Å². The summed E-state index contributed by atoms with van der Waals surface area (Å²) in [5.74, 6) is 2.05. The average molecular weight is 515 g/mol. The van der Waals surface area contributed by atoms with Crippen LogP contribution in [0.25, 0.3) is 16.8 Å². The maximum absolute atomic E-state index is 12.8. The molecule has 11 heteroatoms. The number of methoxy groups -OCH3 is 1. The third kappa shape index (κ3) is 3.94. The quantitative estimate of drug-likeness (QED) is 0.354. The van der Waals surface area contributed by atoms with Crippen LogP contribution in [-0.4, -0.2) is 81.2 Å². The van der Waals surface area contributed by atoms with Crippen LogP contribution in [0.4, 0.5) is 10.2 Å². The second-order valence-corrected chi connectivity index (χ2v) is 9.84. The van der Waals surface area contributed by atoms with Gasteiger partial charge in [-0.15, -0.1) is 0 Å². The van der Waals surface area contributed by atoms with E-state index in [-0.39, 0.29) is 6.61 Å². The number of pyridine rings is 2. The van der Waals surface area contributed by atoms with Crippen molar-refractivity contribution in [2.75, 3.05) is 38.4 Å². The summed E-state index contributed by atoms with van der Waals surface area (Å²) < 4.78 is 25.3. The van der Waals surface area contributed by atoms with Crippen LogP contribution in [0.1, 0.15) is 23.2 Å². The molecular weight excluding hydrogens is 487 g/mol. The number of piperidine rings is 1. The Morgan fingerprint density at radius 1 is 1.08 bits per heavy atom. The van der Waals surface area contributed by atoms with E-state index in [0.29, 0.717) is 36.0 Å². The molecule has 4 aliphatic rings. The zero-order valence-corrected chi connectivity index (χ0v) is 21.0. The molecule has 3 saturated heterocycles. The molecule has 4 aromatic rings. The Labute approximate surface area is 218 Å². The van der Waals surface area contributed by atoms with Gasteiger partial charge in [0.2, 0.25) is 5.88 Å². The van der Waals surface area contributed by atoms with E-state index in [1.807, 2.05) is 30.7 Å². The number of aliphatic imine (C=N–C) groups is 1. The SMILES string of the molecule is COc1ccc(CN2C3CC2CN(c2cnc(-c4cc(OCCF)cn5nc6c(c45)C=NC6)cn2)C3)cn1. The van der Waals surface area contributed by atoms with Gasteiger partial charge in [-0.2, -0.15) is 5.10 Å². The third-order valence-corrected chi connectivity index (χ3v) is 7.58. The first-order valence-electron chi connectivity index (χ1n) is 12.8. The molecule has 0 radical (unpaired) electrons. The maximum Gasteiger partial charge on any atom is 0.212 e. The van der Waals surface area contributed by atoms with Crippen molar-refractivity contribution in [3.05, 3.63) is 59.8 Å². The minimum Gasteiger partial charge on any atom is -0.489 e. The second kappa shape index (κ2) is 9.32. The van der Waals surface area contributed by atoms with Crippen molar-refractivity contribution in [3.8, 4) is 22.9 Å². The van der Waals surface area contributed by atoms with E-state index in [1.54, 1.807) is 24.0 Å². The van der Waals surface area contributed by atoms with Crippen LogP contribution < -0.4 is 14.4 Å². The fourth-order valence-electron chi connectivity index (χ4n) is 5.72. The Hall–Kier alpha value is -4.12. The molecule has 194 valence electrons. The van der Waals surface area contributed by atoms with Gasteiger partial charge in [0.15, 0.2) is 0 Å². The van der Waals surface area contributed by atoms with Crippen LogP contribution in [0.3, 0.4) is 0 Å². The van der Waals surface area contributed by atoms with Crippen LogP contribution >= 0.6 is 0 Å². The van der Waals surface area contributed by atoms with Gasteiger partial charge in [-0.1, -0.05) is 6.07 Å². The summed E-state index contributed by atoms with van der Waals surface area (Å²) in [6.45, 7) is 2.69. The van der Waals surface area contributed by atoms with Crippen molar-refractivity contribution in [1.82, 2.24) is 29.5 Å². The number of hydrogen-bond acceptors (Lipinski definition) is 9. The first-order chi connectivity index (χ1) is 18.7. The van der Waals surface area contributed by atoms with Gasteiger partial charge in [-0.3, -0.25) is 14.9 Å². The number of hydrogen-bond donors (Lipinski definition) is 0. The molecule has 2 unspecified atom stereocenters. The van der Waals surface area contributed by atoms with Gasteiger partial charge < -0.3 is 14.4 Å². The van der Waals surface area contributed by atoms with Gasteiger partial charge in [0.1, 0.15) is 24.8 Å². The topological polar surface area (TPSA) is 93.3 Å². The Morgan fingerprint density at radius 2 is 1.97 bits per heavy atom. The van der Waals surface area contributed by atoms with E-state index in [1.165, 1.54) is 12.0 Å². The van der Waals surface area contributed by atoms with E-state index in [9.17, 15) is 4.39 Å². The van der Waals surface area contributed by atoms with Gasteiger partial charge in [0, 0.05) is 61.3 Å². The zero-order valence-electron chi connectivity index (χ0n) is 21.0. The van der Waals surface area contributed by atoms with Gasteiger partial charge in [-0.25, -0.2) is 18.9 Å². The monoisotopic (exact) mass is 514 g/mol. The smallest absolute Gasteiger partial charge is 0.212 e. The van der Waals surface area contributed by atoms with Crippen LogP contribution in [0.15, 0.2) is 48.0 Å². The van der Waals surface area contributed by atoms with E-state index in [2.05, 4.69) is 30.9 Å². The molecule has 10 nitrogen and oxygen atoms in total. The number of rotatable bonds is 8. The molecule has 0 aromatic carbocycles. The lowest BCUT2D eigenvalue weighted by molar-refractivity contribution is -0.00879. The van der Waals surface area contributed by atoms with E-state index < -0.39 is 6.67 Å². The number of halogens is 1. The van der Waals surface area contributed by atoms with Crippen LogP contribution in [-0.2, 0) is 13.1 Å². The predicted molar refractivity (Wildman–Crippen MR) is 140 cm³/mol. The molecule has 3 fully saturated rings. The minimum atomic E-state index is -0.559. The molecular formula is C27H27FN8O2. The maximum atomic E-state index is 12.8. The first-order valence-corrected chi connectivity index (χ1v) is 12.8. The van der Waals surface area contributed by atoms with E-state index in [4.69, 9.17) is 19.4 Å². The lowest BCUT2D eigenvalue weighted by Crippen LogP contribution is -2.68. The number of alkyl halides is 1. The molecule has 2 bridgehead atoms. The summed E-state index contributed by atoms with van der Waals surface area (Å²) in [4.78, 5) is 23.1. The summed E-state index contributed by atoms with van der Waals surface area (Å²) in [6, 6.07) is 6.84. The molecule has 4 aliphatic heterocycles. The zero-order chi connectivity index (χ0) is 25.6. The predicted octanol–water partition coefficient (Wildman–Crippen LogP) is 2.94. The Morgan fingerprint density at radius 3 is 2.71 bits per heavy atom. The molecule has 0 aliphatic carbocycles. The first kappa shape index (κ1) is 23.0. The Balaban J connectivity index is 1.10. The van der Waals surface area contributed by atoms with Gasteiger partial charge in [-0.05, 0) is 18.1 Å². The number of fused-ring (bicyclic) bond motifs is 5. The molecule has 0 spiro atoms. The largest absolute Gasteiger partial charge is 0.489 e. The number of aromatic nitrogens is 5. The van der Waals surface area contributed by atoms with Crippen LogP contribution in [0.5, 0.6) is 11.6 Å². The average Bonchev–Trinajstić information content (AvgIpc) is 3.56. The van der Waals surface area contributed by atoms with Crippen molar-refractivity contribution < 1.29 is 13.9 Å². The lowest BCUT2D eigenvalue weighted by atomic mass is 9.87. The normalized spacial score (nSPS) is 20.0. The summed E-state index contributed by atoms with van der Waals surface area (Å²) in [6.07, 6.45) is 10.4. The lowest BCUT2D eigenvalue weighted by Gasteiger charge is -2.56. The van der Waals surface area contributed by atoms with E-state index >= 15 is 0 Å². The molecule has 2 atom stereocenters. The minimum absolute atomic E-state index is 0.0126. The molecule has 0 amide bonds. The standard InChI is InChI=1S/C27H27FN8O2/c1-37-26-3-2-17(8-32-26)13-35-18-6-19(35)15-34(14-18)25-12-30-23(11-31-25)21-7-20(38-5-4-28)16-36-27(21)22-9-29-10-24(22)33-36/h2-3,7-9,11-12,16,18-19H,4-6,10,13-15H2,1H3. The number of ether oxygens (including phenoxy) is 2. The molecule has 4 aromatic heterocycles. The van der Waals surface area contributed by atoms with Gasteiger partial charge in [0.25, 0.3) is 0 Å². The second-order valence-electron chi connectivity index (χ2n) is 9.84. The number of anilines is 1. The highest BCUT2D eigenvalue weighted by Gasteiger charge is 2.44. The summed E-state index contributed by atoms with van der Waals surface area (Å²) >= 11 is 0. The Kier molecular flexibility index (Phi) is 5.65. The third-order valence-electron chi connectivity index (χ3n) is 7.58. The number of piperazine rings is 1. The highest BCUT2D eigenvalue weighted by molar-refractivity contribution is 5.99. The summed E-state index contributed by atoms with van der Waals surface area (Å²) in [5.41, 5.74) is 5.52. The molecule has 8 heterocycles. The van der Waals surface area contributed by atoms with E-state index in [0.717, 1.165) is 47.8 Å². The van der Waals surface area contributed by atoms with Crippen molar-refractivity contribution in [2.45, 2.75) is 31.6 Å². The summed E-state index contributed by atoms with van der Waals surface area (Å²) in [5, 5.41) is 4.64. The van der Waals surface area contributed by atoms with Crippen molar-refractivity contribution in [1.29, 1.82) is 0 Å². The fraction of sp³-hybridized carbons (Fsp3) is 0.370. The molecule has 0 N–H and O–H groups in total. The van der Waals surface area contributed by atoms with Crippen molar-refractivity contribution >= 4 is 17.5 Å². The molecule has 38 heavy (non-hydrogen) atoms.